The first-order valence-corrected chi connectivity index (χ1v) is 7.56. The van der Waals surface area contributed by atoms with Crippen LogP contribution in [0.5, 0.6) is 0 Å². The van der Waals surface area contributed by atoms with Gasteiger partial charge in [-0.2, -0.15) is 0 Å². The molecule has 1 atom stereocenters. The van der Waals surface area contributed by atoms with Gasteiger partial charge in [-0.05, 0) is 51.1 Å². The Morgan fingerprint density at radius 2 is 2.00 bits per heavy atom. The van der Waals surface area contributed by atoms with E-state index in [1.54, 1.807) is 0 Å². The number of urea groups is 1. The quantitative estimate of drug-likeness (QED) is 0.755. The van der Waals surface area contributed by atoms with Gasteiger partial charge in [-0.1, -0.05) is 12.8 Å². The van der Waals surface area contributed by atoms with Crippen LogP contribution in [0, 0.1) is 5.92 Å². The smallest absolute Gasteiger partial charge is 0.323 e. The van der Waals surface area contributed by atoms with Crippen molar-refractivity contribution in [1.82, 2.24) is 15.5 Å². The molecule has 1 aliphatic carbocycles. The number of imide groups is 1. The lowest BCUT2D eigenvalue weighted by molar-refractivity contribution is -0.131. The molecule has 1 spiro atoms. The largest absolute Gasteiger partial charge is 0.325 e. The average molecular weight is 265 g/mol. The van der Waals surface area contributed by atoms with Gasteiger partial charge in [0.2, 0.25) is 0 Å². The van der Waals surface area contributed by atoms with E-state index in [1.807, 2.05) is 0 Å². The Bertz CT molecular complexity index is 371. The molecular formula is C14H23N3O2. The fourth-order valence-corrected chi connectivity index (χ4v) is 3.68. The van der Waals surface area contributed by atoms with E-state index in [0.29, 0.717) is 12.5 Å². The maximum atomic E-state index is 12.4. The van der Waals surface area contributed by atoms with E-state index in [2.05, 4.69) is 10.6 Å². The molecular weight excluding hydrogens is 242 g/mol. The molecule has 106 valence electrons. The van der Waals surface area contributed by atoms with Gasteiger partial charge in [0, 0.05) is 6.54 Å². The van der Waals surface area contributed by atoms with Crippen molar-refractivity contribution in [3.63, 3.8) is 0 Å². The molecule has 0 aromatic carbocycles. The minimum atomic E-state index is -0.540. The van der Waals surface area contributed by atoms with Crippen molar-refractivity contribution in [2.75, 3.05) is 19.6 Å². The minimum absolute atomic E-state index is 0.0266. The fourth-order valence-electron chi connectivity index (χ4n) is 3.68. The highest BCUT2D eigenvalue weighted by atomic mass is 16.2. The third-order valence-electron chi connectivity index (χ3n) is 4.86. The zero-order chi connectivity index (χ0) is 13.3. The number of nitrogens with zero attached hydrogens (tertiary/aromatic N) is 1. The van der Waals surface area contributed by atoms with Crippen LogP contribution in [0.2, 0.25) is 0 Å². The van der Waals surface area contributed by atoms with E-state index < -0.39 is 5.54 Å². The number of amides is 3. The molecule has 2 saturated heterocycles. The summed E-state index contributed by atoms with van der Waals surface area (Å²) < 4.78 is 0. The number of hydrogen-bond donors (Lipinski definition) is 2. The highest BCUT2D eigenvalue weighted by Gasteiger charge is 2.52. The zero-order valence-electron chi connectivity index (χ0n) is 11.4. The first-order chi connectivity index (χ1) is 9.21. The summed E-state index contributed by atoms with van der Waals surface area (Å²) >= 11 is 0. The van der Waals surface area contributed by atoms with Gasteiger partial charge < -0.3 is 10.6 Å². The monoisotopic (exact) mass is 265 g/mol. The molecule has 5 nitrogen and oxygen atoms in total. The van der Waals surface area contributed by atoms with Crippen molar-refractivity contribution < 1.29 is 9.59 Å². The average Bonchev–Trinajstić information content (AvgIpc) is 2.97. The molecule has 1 unspecified atom stereocenters. The van der Waals surface area contributed by atoms with Crippen LogP contribution in [0.15, 0.2) is 0 Å². The number of carbonyl (C=O) groups excluding carboxylic acids is 2. The maximum Gasteiger partial charge on any atom is 0.325 e. The van der Waals surface area contributed by atoms with Crippen LogP contribution in [0.4, 0.5) is 4.79 Å². The van der Waals surface area contributed by atoms with Crippen LogP contribution in [0.3, 0.4) is 0 Å². The number of nitrogens with one attached hydrogen (secondary N) is 2. The summed E-state index contributed by atoms with van der Waals surface area (Å²) in [6.07, 6.45) is 7.08. The Morgan fingerprint density at radius 3 is 2.68 bits per heavy atom. The molecule has 5 heteroatoms. The molecule has 2 aliphatic heterocycles. The Balaban J connectivity index is 1.58. The summed E-state index contributed by atoms with van der Waals surface area (Å²) in [6.45, 7) is 2.70. The number of carbonyl (C=O) groups is 2. The van der Waals surface area contributed by atoms with Crippen LogP contribution in [0.1, 0.15) is 44.9 Å². The Labute approximate surface area is 114 Å². The van der Waals surface area contributed by atoms with Crippen molar-refractivity contribution in [2.24, 2.45) is 5.92 Å². The molecule has 19 heavy (non-hydrogen) atoms. The van der Waals surface area contributed by atoms with E-state index in [9.17, 15) is 9.59 Å². The lowest BCUT2D eigenvalue weighted by Gasteiger charge is -2.25. The molecule has 0 aromatic rings. The fraction of sp³-hybridized carbons (Fsp3) is 0.857. The van der Waals surface area contributed by atoms with E-state index in [-0.39, 0.29) is 11.9 Å². The second-order valence-electron chi connectivity index (χ2n) is 6.18. The highest BCUT2D eigenvalue weighted by molar-refractivity contribution is 6.07. The number of hydrogen-bond acceptors (Lipinski definition) is 3. The van der Waals surface area contributed by atoms with E-state index >= 15 is 0 Å². The first kappa shape index (κ1) is 12.9. The molecule has 2 N–H and O–H groups in total. The standard InChI is InChI=1S/C14H23N3O2/c18-12-14(6-1-2-7-14)16-13(19)17(12)9-5-11-4-3-8-15-10-11/h11,15H,1-10H2,(H,16,19). The van der Waals surface area contributed by atoms with Gasteiger partial charge in [-0.15, -0.1) is 0 Å². The predicted octanol–water partition coefficient (Wildman–Crippen LogP) is 1.24. The molecule has 2 heterocycles. The van der Waals surface area contributed by atoms with Crippen molar-refractivity contribution in [1.29, 1.82) is 0 Å². The van der Waals surface area contributed by atoms with Crippen LogP contribution in [-0.2, 0) is 4.79 Å². The molecule has 0 aromatic heterocycles. The number of piperidine rings is 1. The van der Waals surface area contributed by atoms with Crippen molar-refractivity contribution in [3.8, 4) is 0 Å². The summed E-state index contributed by atoms with van der Waals surface area (Å²) in [5.41, 5.74) is -0.540. The molecule has 3 rings (SSSR count). The summed E-state index contributed by atoms with van der Waals surface area (Å²) in [6, 6.07) is -0.171. The SMILES string of the molecule is O=C1NC2(CCCC2)C(=O)N1CCC1CCCNC1. The van der Waals surface area contributed by atoms with Gasteiger partial charge >= 0.3 is 6.03 Å². The van der Waals surface area contributed by atoms with Crippen molar-refractivity contribution in [3.05, 3.63) is 0 Å². The van der Waals surface area contributed by atoms with Crippen LogP contribution in [0.25, 0.3) is 0 Å². The summed E-state index contributed by atoms with van der Waals surface area (Å²) in [7, 11) is 0. The Hall–Kier alpha value is -1.10. The normalized spacial score (nSPS) is 30.1. The molecule has 1 saturated carbocycles. The minimum Gasteiger partial charge on any atom is -0.323 e. The van der Waals surface area contributed by atoms with Crippen molar-refractivity contribution >= 4 is 11.9 Å². The Morgan fingerprint density at radius 1 is 1.21 bits per heavy atom. The summed E-state index contributed by atoms with van der Waals surface area (Å²) in [5.74, 6) is 0.633. The molecule has 3 amide bonds. The number of rotatable bonds is 3. The van der Waals surface area contributed by atoms with Gasteiger partial charge in [0.25, 0.3) is 5.91 Å². The van der Waals surface area contributed by atoms with Gasteiger partial charge in [0.05, 0.1) is 0 Å². The lowest BCUT2D eigenvalue weighted by Crippen LogP contribution is -2.44. The Kier molecular flexibility index (Phi) is 3.48. The van der Waals surface area contributed by atoms with E-state index in [4.69, 9.17) is 0 Å². The zero-order valence-corrected chi connectivity index (χ0v) is 11.4. The topological polar surface area (TPSA) is 61.4 Å². The third kappa shape index (κ3) is 2.36. The molecule has 3 aliphatic rings. The van der Waals surface area contributed by atoms with Gasteiger partial charge in [-0.25, -0.2) is 4.79 Å². The van der Waals surface area contributed by atoms with Gasteiger partial charge in [0.1, 0.15) is 5.54 Å². The van der Waals surface area contributed by atoms with Crippen LogP contribution < -0.4 is 10.6 Å². The maximum absolute atomic E-state index is 12.4. The van der Waals surface area contributed by atoms with Crippen molar-refractivity contribution in [2.45, 2.75) is 50.5 Å². The van der Waals surface area contributed by atoms with E-state index in [1.165, 1.54) is 17.7 Å². The second kappa shape index (κ2) is 5.12. The molecule has 0 bridgehead atoms. The second-order valence-corrected chi connectivity index (χ2v) is 6.18. The van der Waals surface area contributed by atoms with Crippen LogP contribution >= 0.6 is 0 Å². The van der Waals surface area contributed by atoms with Gasteiger partial charge in [-0.3, -0.25) is 9.69 Å². The summed E-state index contributed by atoms with van der Waals surface area (Å²) in [5, 5.41) is 6.32. The molecule has 0 radical (unpaired) electrons. The van der Waals surface area contributed by atoms with Gasteiger partial charge in [0.15, 0.2) is 0 Å². The molecule has 3 fully saturated rings. The van der Waals surface area contributed by atoms with Crippen LogP contribution in [-0.4, -0.2) is 42.0 Å². The highest BCUT2D eigenvalue weighted by Crippen LogP contribution is 2.35. The lowest BCUT2D eigenvalue weighted by atomic mass is 9.95. The summed E-state index contributed by atoms with van der Waals surface area (Å²) in [4.78, 5) is 25.9. The third-order valence-corrected chi connectivity index (χ3v) is 4.86. The van der Waals surface area contributed by atoms with E-state index in [0.717, 1.165) is 45.2 Å². The predicted molar refractivity (Wildman–Crippen MR) is 71.7 cm³/mol. The first-order valence-electron chi connectivity index (χ1n) is 7.56.